The van der Waals surface area contributed by atoms with E-state index in [9.17, 15) is 0 Å². The lowest BCUT2D eigenvalue weighted by molar-refractivity contribution is 0.748. The number of aromatic nitrogens is 3. The van der Waals surface area contributed by atoms with Crippen molar-refractivity contribution >= 4 is 17.1 Å². The van der Waals surface area contributed by atoms with E-state index in [1.54, 1.807) is 0 Å². The fraction of sp³-hybridized carbons (Fsp3) is 0.400. The molecule has 0 saturated heterocycles. The van der Waals surface area contributed by atoms with E-state index in [0.29, 0.717) is 11.2 Å². The van der Waals surface area contributed by atoms with Crippen molar-refractivity contribution in [2.24, 2.45) is 0 Å². The SMILES string of the molecule is Cc1nc(Cl)nn2c(C(C)C)ccc12. The molecule has 0 unspecified atom stereocenters. The third kappa shape index (κ3) is 1.38. The molecule has 74 valence electrons. The summed E-state index contributed by atoms with van der Waals surface area (Å²) in [5.41, 5.74) is 3.10. The number of nitrogens with zero attached hydrogens (tertiary/aromatic N) is 3. The molecule has 0 N–H and O–H groups in total. The quantitative estimate of drug-likeness (QED) is 0.723. The molecule has 0 aliphatic rings. The van der Waals surface area contributed by atoms with E-state index >= 15 is 0 Å². The van der Waals surface area contributed by atoms with E-state index in [1.165, 1.54) is 0 Å². The monoisotopic (exact) mass is 209 g/mol. The van der Waals surface area contributed by atoms with Crippen LogP contribution in [0.15, 0.2) is 12.1 Å². The zero-order valence-electron chi connectivity index (χ0n) is 8.45. The average Bonchev–Trinajstić information content (AvgIpc) is 2.47. The van der Waals surface area contributed by atoms with Crippen molar-refractivity contribution in [3.63, 3.8) is 0 Å². The highest BCUT2D eigenvalue weighted by molar-refractivity contribution is 6.28. The van der Waals surface area contributed by atoms with Gasteiger partial charge < -0.3 is 0 Å². The molecule has 0 radical (unpaired) electrons. The van der Waals surface area contributed by atoms with Gasteiger partial charge in [0.05, 0.1) is 11.2 Å². The number of rotatable bonds is 1. The van der Waals surface area contributed by atoms with E-state index in [0.717, 1.165) is 16.9 Å². The second-order valence-corrected chi connectivity index (χ2v) is 4.01. The molecular formula is C10H12ClN3. The lowest BCUT2D eigenvalue weighted by atomic mass is 10.1. The predicted molar refractivity (Wildman–Crippen MR) is 56.8 cm³/mol. The molecule has 0 saturated carbocycles. The summed E-state index contributed by atoms with van der Waals surface area (Å²) in [6.45, 7) is 6.20. The Kier molecular flexibility index (Phi) is 2.19. The maximum Gasteiger partial charge on any atom is 0.241 e. The number of fused-ring (bicyclic) bond motifs is 1. The van der Waals surface area contributed by atoms with Gasteiger partial charge in [0.25, 0.3) is 0 Å². The first-order valence-corrected chi connectivity index (χ1v) is 4.99. The highest BCUT2D eigenvalue weighted by Crippen LogP contribution is 2.19. The normalized spacial score (nSPS) is 11.5. The third-order valence-electron chi connectivity index (χ3n) is 2.29. The van der Waals surface area contributed by atoms with E-state index < -0.39 is 0 Å². The van der Waals surface area contributed by atoms with E-state index in [-0.39, 0.29) is 0 Å². The molecule has 0 spiro atoms. The molecule has 4 heteroatoms. The molecule has 0 fully saturated rings. The molecule has 0 aromatic carbocycles. The van der Waals surface area contributed by atoms with Crippen molar-refractivity contribution in [3.05, 3.63) is 28.8 Å². The van der Waals surface area contributed by atoms with Crippen molar-refractivity contribution < 1.29 is 0 Å². The van der Waals surface area contributed by atoms with Gasteiger partial charge in [-0.15, -0.1) is 5.10 Å². The lowest BCUT2D eigenvalue weighted by Gasteiger charge is -2.05. The van der Waals surface area contributed by atoms with E-state index in [2.05, 4.69) is 30.0 Å². The first kappa shape index (κ1) is 9.46. The Morgan fingerprint density at radius 1 is 1.36 bits per heavy atom. The van der Waals surface area contributed by atoms with Crippen LogP contribution in [0.1, 0.15) is 31.2 Å². The van der Waals surface area contributed by atoms with Crippen molar-refractivity contribution in [2.45, 2.75) is 26.7 Å². The van der Waals surface area contributed by atoms with Gasteiger partial charge in [-0.1, -0.05) is 13.8 Å². The van der Waals surface area contributed by atoms with Crippen molar-refractivity contribution in [1.82, 2.24) is 14.6 Å². The summed E-state index contributed by atoms with van der Waals surface area (Å²) in [5.74, 6) is 0.433. The van der Waals surface area contributed by atoms with Gasteiger partial charge in [0, 0.05) is 5.69 Å². The molecule has 14 heavy (non-hydrogen) atoms. The fourth-order valence-corrected chi connectivity index (χ4v) is 1.77. The van der Waals surface area contributed by atoms with Crippen LogP contribution in [-0.2, 0) is 0 Å². The predicted octanol–water partition coefficient (Wildman–Crippen LogP) is 2.81. The molecule has 2 heterocycles. The minimum Gasteiger partial charge on any atom is -0.233 e. The molecule has 2 aromatic rings. The number of aryl methyl sites for hydroxylation is 1. The third-order valence-corrected chi connectivity index (χ3v) is 2.45. The van der Waals surface area contributed by atoms with E-state index in [1.807, 2.05) is 17.5 Å². The van der Waals surface area contributed by atoms with Crippen LogP contribution in [-0.4, -0.2) is 14.6 Å². The first-order chi connectivity index (χ1) is 6.59. The maximum absolute atomic E-state index is 5.81. The Morgan fingerprint density at radius 3 is 2.71 bits per heavy atom. The molecule has 0 bridgehead atoms. The molecule has 2 rings (SSSR count). The Hall–Kier alpha value is -1.09. The van der Waals surface area contributed by atoms with Gasteiger partial charge in [0.2, 0.25) is 5.28 Å². The second-order valence-electron chi connectivity index (χ2n) is 3.68. The van der Waals surface area contributed by atoms with Crippen LogP contribution >= 0.6 is 11.6 Å². The van der Waals surface area contributed by atoms with Crippen molar-refractivity contribution in [1.29, 1.82) is 0 Å². The molecule has 0 aliphatic heterocycles. The van der Waals surface area contributed by atoms with Crippen LogP contribution in [0.25, 0.3) is 5.52 Å². The smallest absolute Gasteiger partial charge is 0.233 e. The molecule has 0 aliphatic carbocycles. The Morgan fingerprint density at radius 2 is 2.07 bits per heavy atom. The van der Waals surface area contributed by atoms with Crippen LogP contribution in [0.3, 0.4) is 0 Å². The summed E-state index contributed by atoms with van der Waals surface area (Å²) in [7, 11) is 0. The molecule has 2 aromatic heterocycles. The zero-order valence-corrected chi connectivity index (χ0v) is 9.21. The van der Waals surface area contributed by atoms with Crippen molar-refractivity contribution in [2.75, 3.05) is 0 Å². The molecule has 0 amide bonds. The van der Waals surface area contributed by atoms with Gasteiger partial charge in [-0.2, -0.15) is 0 Å². The van der Waals surface area contributed by atoms with Crippen LogP contribution in [0, 0.1) is 6.92 Å². The summed E-state index contributed by atoms with van der Waals surface area (Å²) in [6, 6.07) is 4.10. The van der Waals surface area contributed by atoms with Gasteiger partial charge in [0.1, 0.15) is 0 Å². The van der Waals surface area contributed by atoms with Crippen LogP contribution in [0.5, 0.6) is 0 Å². The molecular weight excluding hydrogens is 198 g/mol. The minimum atomic E-state index is 0.299. The fourth-order valence-electron chi connectivity index (χ4n) is 1.57. The molecule has 3 nitrogen and oxygen atoms in total. The highest BCUT2D eigenvalue weighted by Gasteiger charge is 2.09. The highest BCUT2D eigenvalue weighted by atomic mass is 35.5. The van der Waals surface area contributed by atoms with Crippen LogP contribution in [0.2, 0.25) is 5.28 Å². The Labute approximate surface area is 87.7 Å². The minimum absolute atomic E-state index is 0.299. The van der Waals surface area contributed by atoms with Gasteiger partial charge in [-0.3, -0.25) is 0 Å². The standard InChI is InChI=1S/C10H12ClN3/c1-6(2)8-4-5-9-7(3)12-10(11)13-14(8)9/h4-6H,1-3H3. The maximum atomic E-state index is 5.81. The summed E-state index contributed by atoms with van der Waals surface area (Å²) >= 11 is 5.81. The number of hydrogen-bond donors (Lipinski definition) is 0. The summed E-state index contributed by atoms with van der Waals surface area (Å²) in [5, 5.41) is 4.49. The lowest BCUT2D eigenvalue weighted by Crippen LogP contribution is -2.02. The molecule has 0 atom stereocenters. The van der Waals surface area contributed by atoms with Gasteiger partial charge in [0.15, 0.2) is 0 Å². The Bertz CT molecular complexity index is 473. The zero-order chi connectivity index (χ0) is 10.3. The van der Waals surface area contributed by atoms with Gasteiger partial charge in [-0.25, -0.2) is 9.50 Å². The number of halogens is 1. The van der Waals surface area contributed by atoms with Crippen LogP contribution < -0.4 is 0 Å². The Balaban J connectivity index is 2.78. The topological polar surface area (TPSA) is 30.2 Å². The first-order valence-electron chi connectivity index (χ1n) is 4.61. The summed E-state index contributed by atoms with van der Waals surface area (Å²) in [4.78, 5) is 4.11. The summed E-state index contributed by atoms with van der Waals surface area (Å²) in [6.07, 6.45) is 0. The van der Waals surface area contributed by atoms with Gasteiger partial charge >= 0.3 is 0 Å². The summed E-state index contributed by atoms with van der Waals surface area (Å²) < 4.78 is 1.87. The average molecular weight is 210 g/mol. The van der Waals surface area contributed by atoms with Gasteiger partial charge in [-0.05, 0) is 36.6 Å². The number of hydrogen-bond acceptors (Lipinski definition) is 2. The largest absolute Gasteiger partial charge is 0.241 e. The van der Waals surface area contributed by atoms with E-state index in [4.69, 9.17) is 11.6 Å². The van der Waals surface area contributed by atoms with Crippen LogP contribution in [0.4, 0.5) is 0 Å². The second kappa shape index (κ2) is 3.24. The van der Waals surface area contributed by atoms with Crippen molar-refractivity contribution in [3.8, 4) is 0 Å².